The molecule has 0 radical (unpaired) electrons. The van der Waals surface area contributed by atoms with E-state index in [1.54, 1.807) is 24.3 Å². The summed E-state index contributed by atoms with van der Waals surface area (Å²) in [5, 5.41) is 3.38. The SMILES string of the molecule is CC[C@@H](C(=O)N(Cc1cc(NC(=O)c2ccccc2Cl)ccc1N(C)C)C1CC1)c1ccccc1. The van der Waals surface area contributed by atoms with Crippen molar-refractivity contribution in [3.8, 4) is 0 Å². The molecule has 35 heavy (non-hydrogen) atoms. The Morgan fingerprint density at radius 1 is 1.00 bits per heavy atom. The second kappa shape index (κ2) is 11.0. The first-order chi connectivity index (χ1) is 16.9. The molecule has 0 bridgehead atoms. The quantitative estimate of drug-likeness (QED) is 0.381. The zero-order valence-corrected chi connectivity index (χ0v) is 21.3. The van der Waals surface area contributed by atoms with E-state index in [4.69, 9.17) is 11.6 Å². The van der Waals surface area contributed by atoms with Crippen molar-refractivity contribution in [2.24, 2.45) is 0 Å². The molecule has 0 unspecified atom stereocenters. The average Bonchev–Trinajstić information content (AvgIpc) is 3.69. The molecule has 182 valence electrons. The summed E-state index contributed by atoms with van der Waals surface area (Å²) in [7, 11) is 3.98. The van der Waals surface area contributed by atoms with E-state index in [1.165, 1.54) is 0 Å². The molecule has 0 heterocycles. The van der Waals surface area contributed by atoms with E-state index >= 15 is 0 Å². The molecule has 4 rings (SSSR count). The lowest BCUT2D eigenvalue weighted by atomic mass is 9.94. The number of anilines is 2. The molecule has 0 saturated heterocycles. The summed E-state index contributed by atoms with van der Waals surface area (Å²) in [6, 6.07) is 23.1. The van der Waals surface area contributed by atoms with Crippen molar-refractivity contribution in [3.63, 3.8) is 0 Å². The number of hydrogen-bond acceptors (Lipinski definition) is 3. The number of carbonyl (C=O) groups excluding carboxylic acids is 2. The third kappa shape index (κ3) is 5.85. The second-order valence-electron chi connectivity index (χ2n) is 9.24. The van der Waals surface area contributed by atoms with Crippen molar-refractivity contribution < 1.29 is 9.59 Å². The van der Waals surface area contributed by atoms with Gasteiger partial charge in [0.1, 0.15) is 0 Å². The number of nitrogens with one attached hydrogen (secondary N) is 1. The summed E-state index contributed by atoms with van der Waals surface area (Å²) in [4.78, 5) is 30.7. The summed E-state index contributed by atoms with van der Waals surface area (Å²) >= 11 is 6.21. The van der Waals surface area contributed by atoms with Crippen LogP contribution in [0.15, 0.2) is 72.8 Å². The highest BCUT2D eigenvalue weighted by molar-refractivity contribution is 6.34. The Morgan fingerprint density at radius 2 is 1.69 bits per heavy atom. The maximum atomic E-state index is 13.8. The normalized spacial score (nSPS) is 13.7. The zero-order chi connectivity index (χ0) is 24.9. The summed E-state index contributed by atoms with van der Waals surface area (Å²) in [5.74, 6) is -0.261. The number of hydrogen-bond donors (Lipinski definition) is 1. The molecule has 2 amide bonds. The molecule has 0 aliphatic heterocycles. The first kappa shape index (κ1) is 24.8. The highest BCUT2D eigenvalue weighted by atomic mass is 35.5. The van der Waals surface area contributed by atoms with E-state index in [9.17, 15) is 9.59 Å². The standard InChI is InChI=1S/C29H32ClN3O2/c1-4-24(20-10-6-5-7-11-20)29(35)33(23-15-16-23)19-21-18-22(14-17-27(21)32(2)3)31-28(34)25-12-8-9-13-26(25)30/h5-14,17-18,23-24H,4,15-16,19H2,1-3H3,(H,31,34)/t24-/m1/s1. The van der Waals surface area contributed by atoms with Gasteiger partial charge in [-0.1, -0.05) is 61.0 Å². The van der Waals surface area contributed by atoms with Gasteiger partial charge in [0.2, 0.25) is 5.91 Å². The number of amides is 2. The summed E-state index contributed by atoms with van der Waals surface area (Å²) < 4.78 is 0. The van der Waals surface area contributed by atoms with Crippen LogP contribution in [-0.4, -0.2) is 36.9 Å². The van der Waals surface area contributed by atoms with Gasteiger partial charge >= 0.3 is 0 Å². The molecule has 3 aromatic rings. The topological polar surface area (TPSA) is 52.7 Å². The van der Waals surface area contributed by atoms with E-state index in [-0.39, 0.29) is 23.8 Å². The highest BCUT2D eigenvalue weighted by Crippen LogP contribution is 2.35. The van der Waals surface area contributed by atoms with Crippen molar-refractivity contribution in [2.45, 2.75) is 44.7 Å². The molecule has 1 aliphatic carbocycles. The van der Waals surface area contributed by atoms with Crippen molar-refractivity contribution in [2.75, 3.05) is 24.3 Å². The largest absolute Gasteiger partial charge is 0.377 e. The number of carbonyl (C=O) groups is 2. The van der Waals surface area contributed by atoms with Crippen molar-refractivity contribution >= 4 is 34.8 Å². The number of rotatable bonds is 9. The van der Waals surface area contributed by atoms with Crippen LogP contribution in [-0.2, 0) is 11.3 Å². The molecule has 1 atom stereocenters. The van der Waals surface area contributed by atoms with Crippen molar-refractivity contribution in [3.05, 3.63) is 94.5 Å². The van der Waals surface area contributed by atoms with Crippen LogP contribution in [0.1, 0.15) is 53.6 Å². The lowest BCUT2D eigenvalue weighted by molar-refractivity contribution is -0.134. The maximum Gasteiger partial charge on any atom is 0.257 e. The second-order valence-corrected chi connectivity index (χ2v) is 9.65. The molecular weight excluding hydrogens is 458 g/mol. The maximum absolute atomic E-state index is 13.8. The van der Waals surface area contributed by atoms with Crippen LogP contribution in [0.2, 0.25) is 5.02 Å². The molecule has 0 aromatic heterocycles. The van der Waals surface area contributed by atoms with E-state index in [2.05, 4.69) is 12.2 Å². The minimum absolute atomic E-state index is 0.163. The van der Waals surface area contributed by atoms with E-state index in [0.717, 1.165) is 36.1 Å². The van der Waals surface area contributed by atoms with Gasteiger partial charge in [0, 0.05) is 38.1 Å². The Kier molecular flexibility index (Phi) is 7.76. The zero-order valence-electron chi connectivity index (χ0n) is 20.5. The van der Waals surface area contributed by atoms with Crippen LogP contribution < -0.4 is 10.2 Å². The Morgan fingerprint density at radius 3 is 2.31 bits per heavy atom. The van der Waals surface area contributed by atoms with Crippen LogP contribution in [0.4, 0.5) is 11.4 Å². The van der Waals surface area contributed by atoms with Crippen molar-refractivity contribution in [1.82, 2.24) is 4.90 Å². The van der Waals surface area contributed by atoms with Gasteiger partial charge in [0.15, 0.2) is 0 Å². The van der Waals surface area contributed by atoms with E-state index < -0.39 is 0 Å². The van der Waals surface area contributed by atoms with Gasteiger partial charge in [0.05, 0.1) is 16.5 Å². The Bertz CT molecular complexity index is 1190. The molecule has 1 fully saturated rings. The van der Waals surface area contributed by atoms with E-state index in [0.29, 0.717) is 22.8 Å². The number of nitrogens with zero attached hydrogens (tertiary/aromatic N) is 2. The van der Waals surface area contributed by atoms with Gasteiger partial charge in [-0.25, -0.2) is 0 Å². The van der Waals surface area contributed by atoms with Crippen LogP contribution in [0.5, 0.6) is 0 Å². The molecule has 1 aliphatic rings. The molecule has 0 spiro atoms. The average molecular weight is 490 g/mol. The first-order valence-electron chi connectivity index (χ1n) is 12.1. The third-order valence-electron chi connectivity index (χ3n) is 6.46. The molecule has 6 heteroatoms. The predicted molar refractivity (Wildman–Crippen MR) is 143 cm³/mol. The fourth-order valence-corrected chi connectivity index (χ4v) is 4.69. The smallest absolute Gasteiger partial charge is 0.257 e. The summed E-state index contributed by atoms with van der Waals surface area (Å²) in [6.07, 6.45) is 2.80. The van der Waals surface area contributed by atoms with Gasteiger partial charge in [0.25, 0.3) is 5.91 Å². The number of halogens is 1. The van der Waals surface area contributed by atoms with Crippen LogP contribution >= 0.6 is 11.6 Å². The molecule has 5 nitrogen and oxygen atoms in total. The Balaban J connectivity index is 1.61. The van der Waals surface area contributed by atoms with Gasteiger partial charge in [-0.05, 0) is 60.7 Å². The van der Waals surface area contributed by atoms with Crippen LogP contribution in [0, 0.1) is 0 Å². The highest BCUT2D eigenvalue weighted by Gasteiger charge is 2.36. The third-order valence-corrected chi connectivity index (χ3v) is 6.79. The molecule has 1 saturated carbocycles. The van der Waals surface area contributed by atoms with E-state index in [1.807, 2.05) is 72.4 Å². The molecular formula is C29H32ClN3O2. The lowest BCUT2D eigenvalue weighted by Gasteiger charge is -2.29. The lowest BCUT2D eigenvalue weighted by Crippen LogP contribution is -2.36. The Hall–Kier alpha value is -3.31. The first-order valence-corrected chi connectivity index (χ1v) is 12.5. The molecule has 3 aromatic carbocycles. The minimum Gasteiger partial charge on any atom is -0.377 e. The van der Waals surface area contributed by atoms with Gasteiger partial charge in [-0.15, -0.1) is 0 Å². The molecule has 1 N–H and O–H groups in total. The fraction of sp³-hybridized carbons (Fsp3) is 0.310. The predicted octanol–water partition coefficient (Wildman–Crippen LogP) is 6.34. The van der Waals surface area contributed by atoms with Gasteiger partial charge < -0.3 is 15.1 Å². The van der Waals surface area contributed by atoms with Gasteiger partial charge in [-0.2, -0.15) is 0 Å². The monoisotopic (exact) mass is 489 g/mol. The Labute approximate surface area is 212 Å². The number of benzene rings is 3. The fourth-order valence-electron chi connectivity index (χ4n) is 4.47. The van der Waals surface area contributed by atoms with Crippen molar-refractivity contribution in [1.29, 1.82) is 0 Å². The van der Waals surface area contributed by atoms with Gasteiger partial charge in [-0.3, -0.25) is 9.59 Å². The summed E-state index contributed by atoms with van der Waals surface area (Å²) in [6.45, 7) is 2.56. The minimum atomic E-state index is -0.260. The van der Waals surface area contributed by atoms with Crippen LogP contribution in [0.25, 0.3) is 0 Å². The summed E-state index contributed by atoms with van der Waals surface area (Å²) in [5.41, 5.74) is 4.17. The van der Waals surface area contributed by atoms with Crippen LogP contribution in [0.3, 0.4) is 0 Å².